The number of anilines is 3. The van der Waals surface area contributed by atoms with Crippen molar-refractivity contribution in [3.8, 4) is 11.4 Å². The summed E-state index contributed by atoms with van der Waals surface area (Å²) in [5.41, 5.74) is 9.88. The molecule has 30 heavy (non-hydrogen) atoms. The maximum Gasteiger partial charge on any atom is 0.255 e. The molecule has 4 rings (SSSR count). The van der Waals surface area contributed by atoms with E-state index in [2.05, 4.69) is 30.9 Å². The molecular weight excluding hydrogens is 380 g/mol. The first-order valence-electron chi connectivity index (χ1n) is 9.27. The van der Waals surface area contributed by atoms with Crippen LogP contribution in [0.1, 0.15) is 15.9 Å². The lowest BCUT2D eigenvalue weighted by molar-refractivity contribution is 0.102. The standard InChI is InChI=1S/C21H20N8O/c1-29-13-19(27-28-29)18-10-11-23-21(26-18)24-12-14-6-8-15(9-7-14)20(30)25-17-5-3-2-4-16(17)22/h2-11,13H,12,22H2,1H3,(H,25,30)(H,23,24,26). The van der Waals surface area contributed by atoms with Crippen LogP contribution < -0.4 is 16.4 Å². The number of benzene rings is 2. The molecule has 4 aromatic rings. The van der Waals surface area contributed by atoms with Gasteiger partial charge in [0.05, 0.1) is 23.3 Å². The van der Waals surface area contributed by atoms with Gasteiger partial charge in [0.1, 0.15) is 5.69 Å². The number of nitrogen functional groups attached to an aromatic ring is 1. The zero-order chi connectivity index (χ0) is 20.9. The number of para-hydroxylation sites is 2. The molecule has 0 unspecified atom stereocenters. The number of carbonyl (C=O) groups is 1. The molecule has 0 aliphatic carbocycles. The first-order valence-corrected chi connectivity index (χ1v) is 9.27. The summed E-state index contributed by atoms with van der Waals surface area (Å²) in [5, 5.41) is 14.0. The molecular formula is C21H20N8O. The lowest BCUT2D eigenvalue weighted by atomic mass is 10.1. The van der Waals surface area contributed by atoms with Crippen LogP contribution in [0, 0.1) is 0 Å². The smallest absolute Gasteiger partial charge is 0.255 e. The van der Waals surface area contributed by atoms with Crippen LogP contribution in [0.4, 0.5) is 17.3 Å². The van der Waals surface area contributed by atoms with E-state index in [0.717, 1.165) is 5.56 Å². The first-order chi connectivity index (χ1) is 14.6. The largest absolute Gasteiger partial charge is 0.397 e. The highest BCUT2D eigenvalue weighted by Crippen LogP contribution is 2.18. The number of nitrogens with two attached hydrogens (primary N) is 1. The van der Waals surface area contributed by atoms with Crippen molar-refractivity contribution in [2.24, 2.45) is 7.05 Å². The van der Waals surface area contributed by atoms with Crippen molar-refractivity contribution in [3.05, 3.63) is 78.1 Å². The summed E-state index contributed by atoms with van der Waals surface area (Å²) < 4.78 is 1.62. The topological polar surface area (TPSA) is 124 Å². The fourth-order valence-corrected chi connectivity index (χ4v) is 2.81. The normalized spacial score (nSPS) is 10.6. The molecule has 0 aliphatic heterocycles. The number of nitrogens with zero attached hydrogens (tertiary/aromatic N) is 5. The summed E-state index contributed by atoms with van der Waals surface area (Å²) in [7, 11) is 1.80. The number of hydrogen-bond donors (Lipinski definition) is 3. The van der Waals surface area contributed by atoms with E-state index >= 15 is 0 Å². The third-order valence-electron chi connectivity index (χ3n) is 4.40. The van der Waals surface area contributed by atoms with Crippen molar-refractivity contribution >= 4 is 23.2 Å². The van der Waals surface area contributed by atoms with Crippen molar-refractivity contribution in [1.82, 2.24) is 25.0 Å². The van der Waals surface area contributed by atoms with Crippen LogP contribution in [0.5, 0.6) is 0 Å². The van der Waals surface area contributed by atoms with Gasteiger partial charge in [-0.05, 0) is 35.9 Å². The lowest BCUT2D eigenvalue weighted by Gasteiger charge is -2.09. The maximum absolute atomic E-state index is 12.4. The van der Waals surface area contributed by atoms with Crippen LogP contribution in [0.2, 0.25) is 0 Å². The maximum atomic E-state index is 12.4. The molecule has 9 nitrogen and oxygen atoms in total. The minimum absolute atomic E-state index is 0.215. The van der Waals surface area contributed by atoms with Gasteiger partial charge in [-0.2, -0.15) is 0 Å². The van der Waals surface area contributed by atoms with Crippen LogP contribution in [-0.2, 0) is 13.6 Å². The molecule has 0 saturated carbocycles. The van der Waals surface area contributed by atoms with Crippen LogP contribution in [0.25, 0.3) is 11.4 Å². The monoisotopic (exact) mass is 400 g/mol. The minimum Gasteiger partial charge on any atom is -0.397 e. The van der Waals surface area contributed by atoms with Gasteiger partial charge in [-0.1, -0.05) is 29.5 Å². The highest BCUT2D eigenvalue weighted by atomic mass is 16.1. The van der Waals surface area contributed by atoms with Crippen molar-refractivity contribution < 1.29 is 4.79 Å². The second kappa shape index (κ2) is 8.39. The Labute approximate surface area is 173 Å². The third kappa shape index (κ3) is 4.41. The molecule has 0 aliphatic rings. The molecule has 1 amide bonds. The second-order valence-electron chi connectivity index (χ2n) is 6.63. The van der Waals surface area contributed by atoms with Gasteiger partial charge in [-0.3, -0.25) is 9.48 Å². The van der Waals surface area contributed by atoms with Crippen molar-refractivity contribution in [2.45, 2.75) is 6.54 Å². The van der Waals surface area contributed by atoms with Gasteiger partial charge < -0.3 is 16.4 Å². The summed E-state index contributed by atoms with van der Waals surface area (Å²) in [6, 6.07) is 16.2. The zero-order valence-corrected chi connectivity index (χ0v) is 16.3. The van der Waals surface area contributed by atoms with Gasteiger partial charge in [0, 0.05) is 25.4 Å². The average Bonchev–Trinajstić information content (AvgIpc) is 3.21. The molecule has 150 valence electrons. The Morgan fingerprint density at radius 1 is 1.07 bits per heavy atom. The predicted molar refractivity (Wildman–Crippen MR) is 115 cm³/mol. The number of carbonyl (C=O) groups excluding carboxylic acids is 1. The molecule has 0 atom stereocenters. The van der Waals surface area contributed by atoms with Gasteiger partial charge in [0.15, 0.2) is 0 Å². The number of rotatable bonds is 6. The Morgan fingerprint density at radius 2 is 1.87 bits per heavy atom. The highest BCUT2D eigenvalue weighted by Gasteiger charge is 2.09. The lowest BCUT2D eigenvalue weighted by Crippen LogP contribution is -2.13. The summed E-state index contributed by atoms with van der Waals surface area (Å²) in [6.07, 6.45) is 3.46. The number of aryl methyl sites for hydroxylation is 1. The van der Waals surface area contributed by atoms with Crippen molar-refractivity contribution in [3.63, 3.8) is 0 Å². The molecule has 2 aromatic carbocycles. The van der Waals surface area contributed by atoms with Gasteiger partial charge in [0.2, 0.25) is 5.95 Å². The van der Waals surface area contributed by atoms with Crippen molar-refractivity contribution in [1.29, 1.82) is 0 Å². The molecule has 0 radical (unpaired) electrons. The van der Waals surface area contributed by atoms with Crippen LogP contribution >= 0.6 is 0 Å². The summed E-state index contributed by atoms with van der Waals surface area (Å²) in [4.78, 5) is 21.1. The Kier molecular flexibility index (Phi) is 5.33. The summed E-state index contributed by atoms with van der Waals surface area (Å²) in [6.45, 7) is 0.511. The highest BCUT2D eigenvalue weighted by molar-refractivity contribution is 6.05. The van der Waals surface area contributed by atoms with Crippen LogP contribution in [-0.4, -0.2) is 30.9 Å². The van der Waals surface area contributed by atoms with E-state index in [9.17, 15) is 4.79 Å². The number of aromatic nitrogens is 5. The SMILES string of the molecule is Cn1cc(-c2ccnc(NCc3ccc(C(=O)Nc4ccccc4N)cc3)n2)nn1. The average molecular weight is 400 g/mol. The van der Waals surface area contributed by atoms with E-state index in [1.165, 1.54) is 0 Å². The van der Waals surface area contributed by atoms with Crippen LogP contribution in [0.3, 0.4) is 0 Å². The van der Waals surface area contributed by atoms with Gasteiger partial charge in [0.25, 0.3) is 5.91 Å². The quantitative estimate of drug-likeness (QED) is 0.425. The second-order valence-corrected chi connectivity index (χ2v) is 6.63. The molecule has 0 spiro atoms. The predicted octanol–water partition coefficient (Wildman–Crippen LogP) is 2.72. The first kappa shape index (κ1) is 19.1. The molecule has 2 heterocycles. The van der Waals surface area contributed by atoms with Crippen LogP contribution in [0.15, 0.2) is 67.0 Å². The van der Waals surface area contributed by atoms with E-state index in [1.54, 1.807) is 54.5 Å². The third-order valence-corrected chi connectivity index (χ3v) is 4.40. The van der Waals surface area contributed by atoms with E-state index in [-0.39, 0.29) is 5.91 Å². The van der Waals surface area contributed by atoms with Gasteiger partial charge >= 0.3 is 0 Å². The Hall–Kier alpha value is -4.27. The van der Waals surface area contributed by atoms with E-state index in [1.807, 2.05) is 24.3 Å². The van der Waals surface area contributed by atoms with E-state index in [4.69, 9.17) is 5.73 Å². The fraction of sp³-hybridized carbons (Fsp3) is 0.0952. The Bertz CT molecular complexity index is 1170. The van der Waals surface area contributed by atoms with E-state index < -0.39 is 0 Å². The molecule has 9 heteroatoms. The summed E-state index contributed by atoms with van der Waals surface area (Å²) >= 11 is 0. The zero-order valence-electron chi connectivity index (χ0n) is 16.3. The van der Waals surface area contributed by atoms with E-state index in [0.29, 0.717) is 40.8 Å². The fourth-order valence-electron chi connectivity index (χ4n) is 2.81. The molecule has 0 bridgehead atoms. The number of hydrogen-bond acceptors (Lipinski definition) is 7. The Morgan fingerprint density at radius 3 is 2.60 bits per heavy atom. The molecule has 2 aromatic heterocycles. The van der Waals surface area contributed by atoms with Crippen molar-refractivity contribution in [2.75, 3.05) is 16.4 Å². The van der Waals surface area contributed by atoms with Gasteiger partial charge in [-0.15, -0.1) is 5.10 Å². The molecule has 4 N–H and O–H groups in total. The Balaban J connectivity index is 1.38. The number of nitrogens with one attached hydrogen (secondary N) is 2. The molecule has 0 saturated heterocycles. The summed E-state index contributed by atoms with van der Waals surface area (Å²) in [5.74, 6) is 0.270. The van der Waals surface area contributed by atoms with Gasteiger partial charge in [-0.25, -0.2) is 9.97 Å². The minimum atomic E-state index is -0.215. The molecule has 0 fully saturated rings. The number of amides is 1.